The van der Waals surface area contributed by atoms with Gasteiger partial charge in [-0.15, -0.1) is 0 Å². The molecule has 0 saturated carbocycles. The molecule has 0 saturated heterocycles. The molecule has 0 heterocycles. The SMILES string of the molecule is CCCCCCCCCCCC(C(=O)[O-])(C(=O)[O-])C(C)(C)C.[K+].[K+]. The molecule has 0 amide bonds. The van der Waals surface area contributed by atoms with Gasteiger partial charge in [-0.2, -0.15) is 0 Å². The predicted octanol–water partition coefficient (Wildman–Crippen LogP) is -3.55. The third kappa shape index (κ3) is 10.5. The van der Waals surface area contributed by atoms with Crippen molar-refractivity contribution in [3.8, 4) is 0 Å². The molecule has 0 radical (unpaired) electrons. The van der Waals surface area contributed by atoms with E-state index < -0.39 is 22.8 Å². The van der Waals surface area contributed by atoms with E-state index in [9.17, 15) is 19.8 Å². The van der Waals surface area contributed by atoms with Crippen molar-refractivity contribution < 1.29 is 123 Å². The molecule has 0 N–H and O–H groups in total. The van der Waals surface area contributed by atoms with Crippen molar-refractivity contribution in [2.45, 2.75) is 91.9 Å². The van der Waals surface area contributed by atoms with Crippen LogP contribution in [0.25, 0.3) is 0 Å². The van der Waals surface area contributed by atoms with Gasteiger partial charge in [0.25, 0.3) is 0 Å². The fourth-order valence-electron chi connectivity index (χ4n) is 2.98. The molecule has 0 fully saturated rings. The summed E-state index contributed by atoms with van der Waals surface area (Å²) in [5.74, 6) is -3.06. The number of carbonyl (C=O) groups excluding carboxylic acids is 2. The number of rotatable bonds is 12. The molecule has 0 aliphatic heterocycles. The van der Waals surface area contributed by atoms with Crippen LogP contribution in [0.4, 0.5) is 0 Å². The summed E-state index contributed by atoms with van der Waals surface area (Å²) in [6, 6.07) is 0. The average molecular weight is 391 g/mol. The van der Waals surface area contributed by atoms with Crippen LogP contribution in [0.5, 0.6) is 0 Å². The number of unbranched alkanes of at least 4 members (excludes halogenated alkanes) is 8. The quantitative estimate of drug-likeness (QED) is 0.196. The molecule has 0 aromatic heterocycles. The Morgan fingerprint density at radius 1 is 0.708 bits per heavy atom. The number of hydrogen-bond donors (Lipinski definition) is 0. The third-order valence-electron chi connectivity index (χ3n) is 4.63. The Morgan fingerprint density at radius 2 is 1.04 bits per heavy atom. The molecule has 0 bridgehead atoms. The second kappa shape index (κ2) is 16.2. The summed E-state index contributed by atoms with van der Waals surface area (Å²) >= 11 is 0. The van der Waals surface area contributed by atoms with E-state index in [0.29, 0.717) is 6.42 Å². The van der Waals surface area contributed by atoms with E-state index in [2.05, 4.69) is 6.92 Å². The zero-order valence-corrected chi connectivity index (χ0v) is 23.0. The van der Waals surface area contributed by atoms with Crippen LogP contribution < -0.4 is 113 Å². The summed E-state index contributed by atoms with van der Waals surface area (Å²) in [5, 5.41) is 22.9. The summed E-state index contributed by atoms with van der Waals surface area (Å²) in [7, 11) is 0. The van der Waals surface area contributed by atoms with Gasteiger partial charge in [0.2, 0.25) is 0 Å². The van der Waals surface area contributed by atoms with E-state index in [1.807, 2.05) is 0 Å². The van der Waals surface area contributed by atoms with Gasteiger partial charge >= 0.3 is 103 Å². The minimum atomic E-state index is -1.91. The van der Waals surface area contributed by atoms with E-state index in [1.165, 1.54) is 32.1 Å². The summed E-state index contributed by atoms with van der Waals surface area (Å²) < 4.78 is 0. The van der Waals surface area contributed by atoms with Gasteiger partial charge in [-0.3, -0.25) is 0 Å². The topological polar surface area (TPSA) is 80.3 Å². The molecule has 0 spiro atoms. The van der Waals surface area contributed by atoms with Crippen molar-refractivity contribution in [3.63, 3.8) is 0 Å². The van der Waals surface area contributed by atoms with Gasteiger partial charge in [-0.25, -0.2) is 0 Å². The van der Waals surface area contributed by atoms with Gasteiger partial charge in [0.15, 0.2) is 0 Å². The van der Waals surface area contributed by atoms with E-state index in [4.69, 9.17) is 0 Å². The van der Waals surface area contributed by atoms with Crippen molar-refractivity contribution in [1.82, 2.24) is 0 Å². The van der Waals surface area contributed by atoms with Crippen LogP contribution >= 0.6 is 0 Å². The summed E-state index contributed by atoms with van der Waals surface area (Å²) in [6.45, 7) is 7.04. The molecule has 0 atom stereocenters. The number of carboxylic acids is 2. The molecule has 0 aliphatic carbocycles. The smallest absolute Gasteiger partial charge is 0.549 e. The Hall–Kier alpha value is 2.21. The first-order chi connectivity index (χ1) is 10.2. The number of carbonyl (C=O) groups is 2. The van der Waals surface area contributed by atoms with Crippen LogP contribution in [-0.4, -0.2) is 11.9 Å². The molecule has 6 heteroatoms. The van der Waals surface area contributed by atoms with Crippen molar-refractivity contribution in [3.05, 3.63) is 0 Å². The molecule has 0 aliphatic rings. The first kappa shape index (κ1) is 30.9. The zero-order chi connectivity index (χ0) is 17.2. The maximum absolute atomic E-state index is 11.4. The molecule has 130 valence electrons. The third-order valence-corrected chi connectivity index (χ3v) is 4.63. The molecule has 0 aromatic rings. The second-order valence-corrected chi connectivity index (χ2v) is 7.31. The van der Waals surface area contributed by atoms with Crippen molar-refractivity contribution in [2.24, 2.45) is 10.8 Å². The Morgan fingerprint density at radius 3 is 1.33 bits per heavy atom. The second-order valence-electron chi connectivity index (χ2n) is 7.31. The van der Waals surface area contributed by atoms with E-state index >= 15 is 0 Å². The fraction of sp³-hybridized carbons (Fsp3) is 0.889. The molecule has 24 heavy (non-hydrogen) atoms. The first-order valence-electron chi connectivity index (χ1n) is 8.63. The van der Waals surface area contributed by atoms with Crippen molar-refractivity contribution in [1.29, 1.82) is 0 Å². The minimum Gasteiger partial charge on any atom is -0.549 e. The van der Waals surface area contributed by atoms with Gasteiger partial charge in [0.05, 0.1) is 17.4 Å². The van der Waals surface area contributed by atoms with Crippen LogP contribution in [0.2, 0.25) is 0 Å². The Bertz CT molecular complexity index is 337. The van der Waals surface area contributed by atoms with E-state index in [0.717, 1.165) is 19.3 Å². The van der Waals surface area contributed by atoms with Gasteiger partial charge in [-0.1, -0.05) is 85.5 Å². The maximum atomic E-state index is 11.4. The summed E-state index contributed by atoms with van der Waals surface area (Å²) in [6.07, 6.45) is 9.90. The van der Waals surface area contributed by atoms with Crippen LogP contribution in [0, 0.1) is 10.8 Å². The van der Waals surface area contributed by atoms with Gasteiger partial charge in [-0.05, 0) is 11.8 Å². The predicted molar refractivity (Wildman–Crippen MR) is 83.7 cm³/mol. The maximum Gasteiger partial charge on any atom is 1.00 e. The van der Waals surface area contributed by atoms with Crippen molar-refractivity contribution in [2.75, 3.05) is 0 Å². The summed E-state index contributed by atoms with van der Waals surface area (Å²) in [5.41, 5.74) is -2.83. The number of aliphatic carboxylic acids is 2. The molecular weight excluding hydrogens is 358 g/mol. The number of hydrogen-bond acceptors (Lipinski definition) is 4. The van der Waals surface area contributed by atoms with E-state index in [-0.39, 0.29) is 109 Å². The molecule has 4 nitrogen and oxygen atoms in total. The first-order valence-corrected chi connectivity index (χ1v) is 8.63. The molecule has 0 aromatic carbocycles. The van der Waals surface area contributed by atoms with Crippen LogP contribution in [0.1, 0.15) is 91.9 Å². The largest absolute Gasteiger partial charge is 1.00 e. The monoisotopic (exact) mass is 390 g/mol. The van der Waals surface area contributed by atoms with E-state index in [1.54, 1.807) is 20.8 Å². The molecule has 0 unspecified atom stereocenters. The molecule has 0 rings (SSSR count). The standard InChI is InChI=1S/C18H34O4.2K/c1-5-6-7-8-9-10-11-12-13-14-18(15(19)20,16(21)22)17(2,3)4;;/h5-14H2,1-4H3,(H,19,20)(H,21,22);;/q;2*+1/p-2. The molecular formula is C18H32K2O4. The number of carboxylic acid groups (broad SMARTS) is 2. The van der Waals surface area contributed by atoms with Gasteiger partial charge in [0.1, 0.15) is 0 Å². The van der Waals surface area contributed by atoms with Crippen molar-refractivity contribution >= 4 is 11.9 Å². The fourth-order valence-corrected chi connectivity index (χ4v) is 2.98. The Labute approximate surface area is 233 Å². The Kier molecular flexibility index (Phi) is 20.9. The normalized spacial score (nSPS) is 11.3. The van der Waals surface area contributed by atoms with Crippen LogP contribution in [-0.2, 0) is 9.59 Å². The zero-order valence-electron chi connectivity index (χ0n) is 16.7. The van der Waals surface area contributed by atoms with Gasteiger partial charge in [0, 0.05) is 0 Å². The summed E-state index contributed by atoms with van der Waals surface area (Å²) in [4.78, 5) is 22.9. The average Bonchev–Trinajstić information content (AvgIpc) is 2.38. The van der Waals surface area contributed by atoms with Crippen LogP contribution in [0.3, 0.4) is 0 Å². The van der Waals surface area contributed by atoms with Crippen LogP contribution in [0.15, 0.2) is 0 Å². The minimum absolute atomic E-state index is 0. The Balaban J connectivity index is -0.00000220. The van der Waals surface area contributed by atoms with Gasteiger partial charge < -0.3 is 19.8 Å².